The lowest BCUT2D eigenvalue weighted by Crippen LogP contribution is -2.40. The van der Waals surface area contributed by atoms with Crippen LogP contribution in [0.2, 0.25) is 0 Å². The van der Waals surface area contributed by atoms with Crippen molar-refractivity contribution in [2.45, 2.75) is 53.1 Å². The first kappa shape index (κ1) is 19.0. The number of alkyl carbamates (subject to hydrolysis) is 1. The van der Waals surface area contributed by atoms with Crippen molar-refractivity contribution in [1.82, 2.24) is 5.32 Å². The van der Waals surface area contributed by atoms with Gasteiger partial charge in [0.2, 0.25) is 5.91 Å². The van der Waals surface area contributed by atoms with E-state index in [1.807, 2.05) is 45.0 Å². The van der Waals surface area contributed by atoms with Crippen molar-refractivity contribution in [3.8, 4) is 0 Å². The Bertz CT molecular complexity index is 547. The Labute approximate surface area is 139 Å². The van der Waals surface area contributed by atoms with E-state index in [0.29, 0.717) is 19.0 Å². The summed E-state index contributed by atoms with van der Waals surface area (Å²) in [5.41, 5.74) is 1.47. The second kappa shape index (κ2) is 7.99. The molecule has 0 saturated carbocycles. The molecule has 0 aromatic heterocycles. The zero-order chi connectivity index (χ0) is 17.6. The average Bonchev–Trinajstić information content (AvgIpc) is 2.41. The second-order valence-corrected chi connectivity index (χ2v) is 6.81. The number of hydrogen-bond donors (Lipinski definition) is 1. The Balaban J connectivity index is 2.75. The Morgan fingerprint density at radius 3 is 2.35 bits per heavy atom. The van der Waals surface area contributed by atoms with Gasteiger partial charge in [0.05, 0.1) is 0 Å². The lowest BCUT2D eigenvalue weighted by molar-refractivity contribution is -0.116. The Hall–Kier alpha value is -2.04. The maximum absolute atomic E-state index is 12.0. The highest BCUT2D eigenvalue weighted by atomic mass is 16.6. The summed E-state index contributed by atoms with van der Waals surface area (Å²) in [7, 11) is 0. The van der Waals surface area contributed by atoms with E-state index < -0.39 is 11.7 Å². The molecule has 0 radical (unpaired) electrons. The van der Waals surface area contributed by atoms with Crippen molar-refractivity contribution >= 4 is 17.7 Å². The topological polar surface area (TPSA) is 58.6 Å². The molecule has 0 spiro atoms. The SMILES string of the molecule is CC(=O)N(CCNC(=O)OC(C)(C)C)c1ccccc1C(C)C. The Morgan fingerprint density at radius 2 is 1.83 bits per heavy atom. The third-order valence-corrected chi connectivity index (χ3v) is 3.23. The van der Waals surface area contributed by atoms with Gasteiger partial charge in [-0.2, -0.15) is 0 Å². The van der Waals surface area contributed by atoms with Gasteiger partial charge in [-0.3, -0.25) is 4.79 Å². The number of para-hydroxylation sites is 1. The average molecular weight is 320 g/mol. The molecule has 1 N–H and O–H groups in total. The van der Waals surface area contributed by atoms with Gasteiger partial charge in [0, 0.05) is 25.7 Å². The number of rotatable bonds is 5. The van der Waals surface area contributed by atoms with E-state index in [1.54, 1.807) is 4.90 Å². The number of amides is 2. The number of nitrogens with one attached hydrogen (secondary N) is 1. The van der Waals surface area contributed by atoms with E-state index in [2.05, 4.69) is 19.2 Å². The summed E-state index contributed by atoms with van der Waals surface area (Å²) in [6.45, 7) is 11.9. The molecular formula is C18H28N2O3. The minimum Gasteiger partial charge on any atom is -0.444 e. The lowest BCUT2D eigenvalue weighted by Gasteiger charge is -2.26. The predicted octanol–water partition coefficient (Wildman–Crippen LogP) is 3.69. The zero-order valence-corrected chi connectivity index (χ0v) is 15.0. The number of hydrogen-bond acceptors (Lipinski definition) is 3. The van der Waals surface area contributed by atoms with Crippen molar-refractivity contribution in [2.75, 3.05) is 18.0 Å². The summed E-state index contributed by atoms with van der Waals surface area (Å²) in [6, 6.07) is 7.84. The molecule has 2 amide bonds. The van der Waals surface area contributed by atoms with Crippen molar-refractivity contribution in [3.05, 3.63) is 29.8 Å². The first-order chi connectivity index (χ1) is 10.6. The highest BCUT2D eigenvalue weighted by Gasteiger charge is 2.18. The third kappa shape index (κ3) is 6.30. The summed E-state index contributed by atoms with van der Waals surface area (Å²) in [6.07, 6.45) is -0.474. The van der Waals surface area contributed by atoms with Gasteiger partial charge >= 0.3 is 6.09 Å². The maximum atomic E-state index is 12.0. The molecular weight excluding hydrogens is 292 g/mol. The standard InChI is InChI=1S/C18H28N2O3/c1-13(2)15-9-7-8-10-16(15)20(14(3)21)12-11-19-17(22)23-18(4,5)6/h7-10,13H,11-12H2,1-6H3,(H,19,22). The van der Waals surface area contributed by atoms with Crippen LogP contribution in [0.3, 0.4) is 0 Å². The molecule has 1 aromatic rings. The smallest absolute Gasteiger partial charge is 0.407 e. The normalized spacial score (nSPS) is 11.3. The van der Waals surface area contributed by atoms with Gasteiger partial charge in [-0.05, 0) is 38.3 Å². The summed E-state index contributed by atoms with van der Waals surface area (Å²) >= 11 is 0. The molecule has 5 heteroatoms. The van der Waals surface area contributed by atoms with Crippen LogP contribution >= 0.6 is 0 Å². The summed E-state index contributed by atoms with van der Waals surface area (Å²) in [5.74, 6) is 0.260. The highest BCUT2D eigenvalue weighted by Crippen LogP contribution is 2.27. The van der Waals surface area contributed by atoms with E-state index in [0.717, 1.165) is 11.3 Å². The summed E-state index contributed by atoms with van der Waals surface area (Å²) in [5, 5.41) is 2.69. The molecule has 0 atom stereocenters. The predicted molar refractivity (Wildman–Crippen MR) is 92.8 cm³/mol. The number of carbonyl (C=O) groups is 2. The molecule has 128 valence electrons. The zero-order valence-electron chi connectivity index (χ0n) is 15.0. The van der Waals surface area contributed by atoms with Gasteiger partial charge in [-0.25, -0.2) is 4.79 Å². The van der Waals surface area contributed by atoms with Gasteiger partial charge in [0.25, 0.3) is 0 Å². The van der Waals surface area contributed by atoms with Crippen molar-refractivity contribution in [3.63, 3.8) is 0 Å². The van der Waals surface area contributed by atoms with E-state index in [-0.39, 0.29) is 5.91 Å². The quantitative estimate of drug-likeness (QED) is 0.900. The largest absolute Gasteiger partial charge is 0.444 e. The van der Waals surface area contributed by atoms with Gasteiger partial charge in [0.1, 0.15) is 5.60 Å². The number of carbonyl (C=O) groups excluding carboxylic acids is 2. The van der Waals surface area contributed by atoms with Crippen LogP contribution in [-0.2, 0) is 9.53 Å². The monoisotopic (exact) mass is 320 g/mol. The fourth-order valence-corrected chi connectivity index (χ4v) is 2.25. The molecule has 1 rings (SSSR count). The molecule has 23 heavy (non-hydrogen) atoms. The van der Waals surface area contributed by atoms with Gasteiger partial charge < -0.3 is 15.0 Å². The van der Waals surface area contributed by atoms with Crippen LogP contribution < -0.4 is 10.2 Å². The van der Waals surface area contributed by atoms with E-state index in [4.69, 9.17) is 4.74 Å². The number of benzene rings is 1. The first-order valence-corrected chi connectivity index (χ1v) is 7.95. The van der Waals surface area contributed by atoms with E-state index in [9.17, 15) is 9.59 Å². The minimum absolute atomic E-state index is 0.0518. The van der Waals surface area contributed by atoms with Crippen LogP contribution in [0.15, 0.2) is 24.3 Å². The highest BCUT2D eigenvalue weighted by molar-refractivity contribution is 5.92. The molecule has 0 aliphatic carbocycles. The van der Waals surface area contributed by atoms with Crippen molar-refractivity contribution in [2.24, 2.45) is 0 Å². The van der Waals surface area contributed by atoms with Crippen LogP contribution in [0, 0.1) is 0 Å². The Kier molecular flexibility index (Phi) is 6.61. The van der Waals surface area contributed by atoms with E-state index in [1.165, 1.54) is 6.92 Å². The van der Waals surface area contributed by atoms with Crippen molar-refractivity contribution < 1.29 is 14.3 Å². The van der Waals surface area contributed by atoms with Crippen LogP contribution in [0.25, 0.3) is 0 Å². The van der Waals surface area contributed by atoms with Crippen LogP contribution in [-0.4, -0.2) is 30.7 Å². The maximum Gasteiger partial charge on any atom is 0.407 e. The van der Waals surface area contributed by atoms with Gasteiger partial charge in [-0.15, -0.1) is 0 Å². The summed E-state index contributed by atoms with van der Waals surface area (Å²) < 4.78 is 5.19. The van der Waals surface area contributed by atoms with Gasteiger partial charge in [-0.1, -0.05) is 32.0 Å². The fourth-order valence-electron chi connectivity index (χ4n) is 2.25. The van der Waals surface area contributed by atoms with Crippen LogP contribution in [0.4, 0.5) is 10.5 Å². The van der Waals surface area contributed by atoms with Gasteiger partial charge in [0.15, 0.2) is 0 Å². The van der Waals surface area contributed by atoms with Crippen LogP contribution in [0.1, 0.15) is 53.0 Å². The number of nitrogens with zero attached hydrogens (tertiary/aromatic N) is 1. The molecule has 0 bridgehead atoms. The van der Waals surface area contributed by atoms with E-state index >= 15 is 0 Å². The first-order valence-electron chi connectivity index (χ1n) is 7.95. The molecule has 0 aliphatic rings. The fraction of sp³-hybridized carbons (Fsp3) is 0.556. The molecule has 0 heterocycles. The molecule has 0 aliphatic heterocycles. The molecule has 1 aromatic carbocycles. The van der Waals surface area contributed by atoms with Crippen molar-refractivity contribution in [1.29, 1.82) is 0 Å². The number of anilines is 1. The lowest BCUT2D eigenvalue weighted by atomic mass is 10.0. The van der Waals surface area contributed by atoms with Crippen LogP contribution in [0.5, 0.6) is 0 Å². The summed E-state index contributed by atoms with van der Waals surface area (Å²) in [4.78, 5) is 25.4. The second-order valence-electron chi connectivity index (χ2n) is 6.81. The number of ether oxygens (including phenoxy) is 1. The molecule has 5 nitrogen and oxygen atoms in total. The third-order valence-electron chi connectivity index (χ3n) is 3.23. The molecule has 0 fully saturated rings. The molecule has 0 saturated heterocycles. The Morgan fingerprint density at radius 1 is 1.22 bits per heavy atom. The minimum atomic E-state index is -0.533. The molecule has 0 unspecified atom stereocenters.